The van der Waals surface area contributed by atoms with Crippen molar-refractivity contribution in [2.45, 2.75) is 32.4 Å². The Morgan fingerprint density at radius 2 is 2.09 bits per heavy atom. The number of hydrogen-bond donors (Lipinski definition) is 1. The van der Waals surface area contributed by atoms with Crippen LogP contribution in [-0.2, 0) is 11.2 Å². The number of hydrogen-bond acceptors (Lipinski definition) is 2. The minimum Gasteiger partial charge on any atom is -0.361 e. The Labute approximate surface area is 136 Å². The summed E-state index contributed by atoms with van der Waals surface area (Å²) in [6, 6.07) is 6.35. The molecule has 22 heavy (non-hydrogen) atoms. The summed E-state index contributed by atoms with van der Waals surface area (Å²) in [6.07, 6.45) is 2.34. The van der Waals surface area contributed by atoms with Gasteiger partial charge in [-0.15, -0.1) is 0 Å². The van der Waals surface area contributed by atoms with Gasteiger partial charge in [0, 0.05) is 47.3 Å². The van der Waals surface area contributed by atoms with E-state index in [0.29, 0.717) is 17.5 Å². The summed E-state index contributed by atoms with van der Waals surface area (Å²) in [7, 11) is 2.12. The maximum absolute atomic E-state index is 12.7. The van der Waals surface area contributed by atoms with Crippen LogP contribution in [0.25, 0.3) is 10.9 Å². The van der Waals surface area contributed by atoms with Crippen molar-refractivity contribution < 1.29 is 4.79 Å². The molecule has 0 saturated carbocycles. The number of aromatic nitrogens is 1. The van der Waals surface area contributed by atoms with E-state index < -0.39 is 0 Å². The number of piperazine rings is 1. The van der Waals surface area contributed by atoms with Crippen molar-refractivity contribution in [3.8, 4) is 0 Å². The van der Waals surface area contributed by atoms with Crippen LogP contribution in [0, 0.1) is 0 Å². The highest BCUT2D eigenvalue weighted by Crippen LogP contribution is 2.24. The first kappa shape index (κ1) is 15.4. The summed E-state index contributed by atoms with van der Waals surface area (Å²) in [5.41, 5.74) is 2.04. The molecule has 1 aliphatic heterocycles. The van der Waals surface area contributed by atoms with Crippen LogP contribution in [0.5, 0.6) is 0 Å². The van der Waals surface area contributed by atoms with Crippen molar-refractivity contribution >= 4 is 28.4 Å². The van der Waals surface area contributed by atoms with Crippen molar-refractivity contribution in [3.63, 3.8) is 0 Å². The van der Waals surface area contributed by atoms with Gasteiger partial charge in [0.15, 0.2) is 0 Å². The zero-order chi connectivity index (χ0) is 15.9. The van der Waals surface area contributed by atoms with Crippen molar-refractivity contribution in [1.29, 1.82) is 0 Å². The van der Waals surface area contributed by atoms with Gasteiger partial charge in [0.1, 0.15) is 0 Å². The van der Waals surface area contributed by atoms with E-state index in [-0.39, 0.29) is 11.9 Å². The number of rotatable bonds is 2. The molecule has 1 saturated heterocycles. The first-order chi connectivity index (χ1) is 10.5. The predicted octanol–water partition coefficient (Wildman–Crippen LogP) is 2.91. The molecule has 118 valence electrons. The molecule has 5 heteroatoms. The Balaban J connectivity index is 1.80. The second-order valence-corrected chi connectivity index (χ2v) is 6.67. The largest absolute Gasteiger partial charge is 0.361 e. The number of nitrogens with zero attached hydrogens (tertiary/aromatic N) is 2. The molecule has 1 aromatic carbocycles. The second kappa shape index (κ2) is 5.94. The predicted molar refractivity (Wildman–Crippen MR) is 90.3 cm³/mol. The molecule has 4 nitrogen and oxygen atoms in total. The number of likely N-dealkylation sites (N-methyl/N-ethyl adjacent to an activating group) is 1. The number of carbonyl (C=O) groups excluding carboxylic acids is 1. The van der Waals surface area contributed by atoms with Gasteiger partial charge in [-0.3, -0.25) is 9.69 Å². The van der Waals surface area contributed by atoms with Crippen molar-refractivity contribution in [2.75, 3.05) is 20.1 Å². The van der Waals surface area contributed by atoms with E-state index in [0.717, 1.165) is 29.6 Å². The van der Waals surface area contributed by atoms with Gasteiger partial charge in [0.25, 0.3) is 0 Å². The molecule has 1 aliphatic rings. The van der Waals surface area contributed by atoms with Crippen LogP contribution in [0.15, 0.2) is 24.4 Å². The van der Waals surface area contributed by atoms with Gasteiger partial charge in [0.05, 0.1) is 6.42 Å². The molecule has 1 amide bonds. The zero-order valence-corrected chi connectivity index (χ0v) is 14.0. The number of halogens is 1. The zero-order valence-electron chi connectivity index (χ0n) is 13.3. The van der Waals surface area contributed by atoms with E-state index in [4.69, 9.17) is 11.6 Å². The fourth-order valence-electron chi connectivity index (χ4n) is 3.21. The molecule has 1 N–H and O–H groups in total. The lowest BCUT2D eigenvalue weighted by atomic mass is 10.0. The number of carbonyl (C=O) groups is 1. The molecule has 0 aliphatic carbocycles. The number of aromatic amines is 1. The van der Waals surface area contributed by atoms with Gasteiger partial charge in [-0.25, -0.2) is 0 Å². The van der Waals surface area contributed by atoms with Gasteiger partial charge in [0.2, 0.25) is 5.91 Å². The van der Waals surface area contributed by atoms with Gasteiger partial charge in [-0.2, -0.15) is 0 Å². The lowest BCUT2D eigenvalue weighted by Gasteiger charge is -2.43. The molecule has 2 unspecified atom stereocenters. The highest BCUT2D eigenvalue weighted by atomic mass is 35.5. The van der Waals surface area contributed by atoms with Crippen LogP contribution < -0.4 is 0 Å². The van der Waals surface area contributed by atoms with Crippen molar-refractivity contribution in [2.24, 2.45) is 0 Å². The van der Waals surface area contributed by atoms with Gasteiger partial charge < -0.3 is 9.88 Å². The number of nitrogens with one attached hydrogen (secondary N) is 1. The summed E-state index contributed by atoms with van der Waals surface area (Å²) >= 11 is 6.08. The van der Waals surface area contributed by atoms with E-state index in [1.807, 2.05) is 29.3 Å². The smallest absolute Gasteiger partial charge is 0.227 e. The van der Waals surface area contributed by atoms with E-state index >= 15 is 0 Å². The quantitative estimate of drug-likeness (QED) is 0.924. The molecule has 2 atom stereocenters. The normalized spacial score (nSPS) is 23.2. The molecule has 0 radical (unpaired) electrons. The maximum atomic E-state index is 12.7. The van der Waals surface area contributed by atoms with Crippen LogP contribution in [-0.4, -0.2) is 52.9 Å². The summed E-state index contributed by atoms with van der Waals surface area (Å²) in [4.78, 5) is 20.2. The highest BCUT2D eigenvalue weighted by molar-refractivity contribution is 6.31. The fraction of sp³-hybridized carbons (Fsp3) is 0.471. The Morgan fingerprint density at radius 3 is 2.86 bits per heavy atom. The topological polar surface area (TPSA) is 39.3 Å². The third-order valence-electron chi connectivity index (χ3n) is 4.97. The van der Waals surface area contributed by atoms with Crippen molar-refractivity contribution in [1.82, 2.24) is 14.8 Å². The van der Waals surface area contributed by atoms with E-state index in [1.165, 1.54) is 0 Å². The lowest BCUT2D eigenvalue weighted by Crippen LogP contribution is -2.57. The Bertz CT molecular complexity index is 696. The molecule has 2 aromatic rings. The van der Waals surface area contributed by atoms with E-state index in [1.54, 1.807) is 0 Å². The molecule has 2 heterocycles. The third kappa shape index (κ3) is 2.73. The van der Waals surface area contributed by atoms with Crippen molar-refractivity contribution in [3.05, 3.63) is 35.0 Å². The van der Waals surface area contributed by atoms with Crippen LogP contribution in [0.4, 0.5) is 0 Å². The van der Waals surface area contributed by atoms with E-state index in [9.17, 15) is 4.79 Å². The summed E-state index contributed by atoms with van der Waals surface area (Å²) < 4.78 is 0. The van der Waals surface area contributed by atoms with Crippen LogP contribution in [0.3, 0.4) is 0 Å². The molecule has 1 fully saturated rings. The lowest BCUT2D eigenvalue weighted by molar-refractivity contribution is -0.136. The molecule has 1 aromatic heterocycles. The molecule has 0 bridgehead atoms. The standard InChI is InChI=1S/C17H22ClN3O/c1-11-12(2)21(7-6-20(11)3)17(22)8-13-10-19-16-5-4-14(18)9-15(13)16/h4-5,9-12,19H,6-8H2,1-3H3. The first-order valence-electron chi connectivity index (χ1n) is 7.72. The fourth-order valence-corrected chi connectivity index (χ4v) is 3.39. The summed E-state index contributed by atoms with van der Waals surface area (Å²) in [5, 5.41) is 1.73. The molecule has 0 spiro atoms. The number of fused-ring (bicyclic) bond motifs is 1. The van der Waals surface area contributed by atoms with Crippen LogP contribution in [0.1, 0.15) is 19.4 Å². The Kier molecular flexibility index (Phi) is 4.15. The Morgan fingerprint density at radius 1 is 1.32 bits per heavy atom. The minimum atomic E-state index is 0.188. The maximum Gasteiger partial charge on any atom is 0.227 e. The van der Waals surface area contributed by atoms with Crippen LogP contribution in [0.2, 0.25) is 5.02 Å². The average Bonchev–Trinajstić information content (AvgIpc) is 2.87. The van der Waals surface area contributed by atoms with Gasteiger partial charge in [-0.1, -0.05) is 11.6 Å². The summed E-state index contributed by atoms with van der Waals surface area (Å²) in [6.45, 7) is 6.03. The van der Waals surface area contributed by atoms with E-state index in [2.05, 4.69) is 30.8 Å². The molecular formula is C17H22ClN3O. The Hall–Kier alpha value is -1.52. The van der Waals surface area contributed by atoms with Gasteiger partial charge >= 0.3 is 0 Å². The summed E-state index contributed by atoms with van der Waals surface area (Å²) in [5.74, 6) is 0.188. The second-order valence-electron chi connectivity index (χ2n) is 6.23. The molecule has 3 rings (SSSR count). The highest BCUT2D eigenvalue weighted by Gasteiger charge is 2.31. The first-order valence-corrected chi connectivity index (χ1v) is 8.10. The number of benzene rings is 1. The minimum absolute atomic E-state index is 0.188. The van der Waals surface area contributed by atoms with Crippen LogP contribution >= 0.6 is 11.6 Å². The average molecular weight is 320 g/mol. The third-order valence-corrected chi connectivity index (χ3v) is 5.21. The molecular weight excluding hydrogens is 298 g/mol. The van der Waals surface area contributed by atoms with Gasteiger partial charge in [-0.05, 0) is 44.7 Å². The number of amides is 1. The monoisotopic (exact) mass is 319 g/mol. The SMILES string of the molecule is CC1C(C)N(C(=O)Cc2c[nH]c3ccc(Cl)cc23)CCN1C. The number of H-pyrrole nitrogens is 1.